The Kier molecular flexibility index (Phi) is 8.83. The quantitative estimate of drug-likeness (QED) is 0.482. The highest BCUT2D eigenvalue weighted by Crippen LogP contribution is 2.35. The van der Waals surface area contributed by atoms with Crippen LogP contribution in [0.1, 0.15) is 30.9 Å². The van der Waals surface area contributed by atoms with E-state index in [1.54, 1.807) is 17.9 Å². The van der Waals surface area contributed by atoms with Gasteiger partial charge in [0.1, 0.15) is 6.04 Å². The lowest BCUT2D eigenvalue weighted by atomic mass is 10.0. The van der Waals surface area contributed by atoms with Crippen molar-refractivity contribution in [3.8, 4) is 0 Å². The number of carbonyl (C=O) groups is 1. The normalized spacial score (nSPS) is 17.2. The first-order valence-electron chi connectivity index (χ1n) is 11.4. The van der Waals surface area contributed by atoms with Crippen molar-refractivity contribution < 1.29 is 39.9 Å². The van der Waals surface area contributed by atoms with Crippen molar-refractivity contribution in [2.45, 2.75) is 47.8 Å². The molecule has 1 saturated heterocycles. The summed E-state index contributed by atoms with van der Waals surface area (Å²) in [5.41, 5.74) is -1.57. The lowest BCUT2D eigenvalue weighted by molar-refractivity contribution is -0.143. The number of sulfone groups is 1. The van der Waals surface area contributed by atoms with Gasteiger partial charge in [-0.05, 0) is 55.7 Å². The number of benzene rings is 2. The molecular formula is C24H27F3N2O6S2. The molecule has 1 heterocycles. The number of carboxylic acids is 1. The third-order valence-electron chi connectivity index (χ3n) is 6.09. The standard InChI is InChI=1S/C24H27F3N2O6S2/c1-17(23(30)31)29-13-11-19(12-14-29)28-36(32,33)15-5-6-18-16-21(9-10-22(18)24(25,26)27)37(34,35)20-7-3-2-4-8-20/h2-10,16-17,19,28H,11-15H2,1H3,(H,30,31). The van der Waals surface area contributed by atoms with Gasteiger partial charge in [0.2, 0.25) is 19.9 Å². The van der Waals surface area contributed by atoms with Crippen LogP contribution in [-0.4, -0.2) is 63.7 Å². The van der Waals surface area contributed by atoms with Gasteiger partial charge in [-0.15, -0.1) is 0 Å². The fourth-order valence-electron chi connectivity index (χ4n) is 4.00. The van der Waals surface area contributed by atoms with Crippen LogP contribution in [0.25, 0.3) is 6.08 Å². The number of nitrogens with one attached hydrogen (secondary N) is 1. The Morgan fingerprint density at radius 3 is 2.27 bits per heavy atom. The van der Waals surface area contributed by atoms with Gasteiger partial charge in [0, 0.05) is 19.1 Å². The number of piperidine rings is 1. The van der Waals surface area contributed by atoms with Gasteiger partial charge >= 0.3 is 12.1 Å². The Hall–Kier alpha value is -2.74. The number of hydrogen-bond acceptors (Lipinski definition) is 6. The van der Waals surface area contributed by atoms with Crippen molar-refractivity contribution in [3.05, 3.63) is 65.7 Å². The number of likely N-dealkylation sites (tertiary alicyclic amines) is 1. The summed E-state index contributed by atoms with van der Waals surface area (Å²) in [6.45, 7) is 2.31. The predicted octanol–water partition coefficient (Wildman–Crippen LogP) is 3.41. The highest BCUT2D eigenvalue weighted by Gasteiger charge is 2.34. The van der Waals surface area contributed by atoms with E-state index in [4.69, 9.17) is 5.11 Å². The summed E-state index contributed by atoms with van der Waals surface area (Å²) in [5.74, 6) is -1.59. The minimum atomic E-state index is -4.78. The maximum absolute atomic E-state index is 13.6. The average Bonchev–Trinajstić information content (AvgIpc) is 2.83. The first-order valence-corrected chi connectivity index (χ1v) is 14.5. The summed E-state index contributed by atoms with van der Waals surface area (Å²) in [6.07, 6.45) is -2.03. The number of sulfonamides is 1. The molecule has 0 bridgehead atoms. The molecule has 1 aliphatic rings. The van der Waals surface area contributed by atoms with Crippen molar-refractivity contribution in [1.29, 1.82) is 0 Å². The Bertz CT molecular complexity index is 1350. The van der Waals surface area contributed by atoms with Crippen molar-refractivity contribution in [3.63, 3.8) is 0 Å². The van der Waals surface area contributed by atoms with Crippen molar-refractivity contribution in [2.75, 3.05) is 18.8 Å². The van der Waals surface area contributed by atoms with Crippen LogP contribution >= 0.6 is 0 Å². The van der Waals surface area contributed by atoms with E-state index >= 15 is 0 Å². The number of hydrogen-bond donors (Lipinski definition) is 2. The molecule has 0 spiro atoms. The Labute approximate surface area is 213 Å². The van der Waals surface area contributed by atoms with E-state index in [9.17, 15) is 34.8 Å². The van der Waals surface area contributed by atoms with Crippen LogP contribution in [0.4, 0.5) is 13.2 Å². The first-order chi connectivity index (χ1) is 17.2. The number of aliphatic carboxylic acids is 1. The molecule has 2 aromatic carbocycles. The molecule has 0 aliphatic carbocycles. The molecular weight excluding hydrogens is 533 g/mol. The molecule has 13 heteroatoms. The maximum Gasteiger partial charge on any atom is 0.416 e. The topological polar surface area (TPSA) is 121 Å². The van der Waals surface area contributed by atoms with Gasteiger partial charge in [0.15, 0.2) is 0 Å². The third kappa shape index (κ3) is 7.40. The smallest absolute Gasteiger partial charge is 0.416 e. The molecule has 1 fully saturated rings. The molecule has 3 rings (SSSR count). The van der Waals surface area contributed by atoms with Gasteiger partial charge in [0.05, 0.1) is 21.1 Å². The van der Waals surface area contributed by atoms with E-state index in [-0.39, 0.29) is 9.79 Å². The van der Waals surface area contributed by atoms with Gasteiger partial charge in [-0.1, -0.05) is 30.4 Å². The zero-order chi connectivity index (χ0) is 27.4. The van der Waals surface area contributed by atoms with Crippen molar-refractivity contribution in [1.82, 2.24) is 9.62 Å². The summed E-state index contributed by atoms with van der Waals surface area (Å²) in [7, 11) is -7.99. The fraction of sp³-hybridized carbons (Fsp3) is 0.375. The van der Waals surface area contributed by atoms with Gasteiger partial charge in [-0.25, -0.2) is 21.6 Å². The average molecular weight is 561 g/mol. The van der Waals surface area contributed by atoms with E-state index < -0.39 is 61.0 Å². The molecule has 8 nitrogen and oxygen atoms in total. The van der Waals surface area contributed by atoms with Crippen LogP contribution in [0.5, 0.6) is 0 Å². The van der Waals surface area contributed by atoms with E-state index in [1.807, 2.05) is 0 Å². The molecule has 1 atom stereocenters. The van der Waals surface area contributed by atoms with E-state index in [2.05, 4.69) is 4.72 Å². The highest BCUT2D eigenvalue weighted by atomic mass is 32.2. The number of alkyl halides is 3. The molecule has 0 saturated carbocycles. The van der Waals surface area contributed by atoms with Gasteiger partial charge in [-0.3, -0.25) is 9.69 Å². The Morgan fingerprint density at radius 2 is 1.70 bits per heavy atom. The van der Waals surface area contributed by atoms with E-state index in [0.29, 0.717) is 32.0 Å². The Morgan fingerprint density at radius 1 is 1.08 bits per heavy atom. The van der Waals surface area contributed by atoms with Crippen LogP contribution in [-0.2, 0) is 30.8 Å². The molecule has 2 N–H and O–H groups in total. The third-order valence-corrected chi connectivity index (χ3v) is 9.18. The number of halogens is 3. The second-order valence-electron chi connectivity index (χ2n) is 8.69. The monoisotopic (exact) mass is 560 g/mol. The highest BCUT2D eigenvalue weighted by molar-refractivity contribution is 7.91. The summed E-state index contributed by atoms with van der Waals surface area (Å²) in [6, 6.07) is 8.53. The summed E-state index contributed by atoms with van der Waals surface area (Å²) in [5, 5.41) is 9.10. The van der Waals surface area contributed by atoms with Crippen LogP contribution < -0.4 is 4.72 Å². The molecule has 37 heavy (non-hydrogen) atoms. The molecule has 0 aromatic heterocycles. The van der Waals surface area contributed by atoms with E-state index in [1.165, 1.54) is 24.3 Å². The molecule has 1 aliphatic heterocycles. The van der Waals surface area contributed by atoms with Gasteiger partial charge in [-0.2, -0.15) is 13.2 Å². The fourth-order valence-corrected chi connectivity index (χ4v) is 6.51. The zero-order valence-corrected chi connectivity index (χ0v) is 21.5. The van der Waals surface area contributed by atoms with Crippen LogP contribution in [0, 0.1) is 0 Å². The number of nitrogens with zero attached hydrogens (tertiary/aromatic N) is 1. The number of carboxylic acid groups (broad SMARTS) is 1. The van der Waals surface area contributed by atoms with E-state index in [0.717, 1.165) is 24.3 Å². The minimum absolute atomic E-state index is 0.0831. The van der Waals surface area contributed by atoms with Gasteiger partial charge < -0.3 is 5.11 Å². The molecule has 2 aromatic rings. The minimum Gasteiger partial charge on any atom is -0.480 e. The molecule has 202 valence electrons. The zero-order valence-electron chi connectivity index (χ0n) is 19.8. The van der Waals surface area contributed by atoms with Gasteiger partial charge in [0.25, 0.3) is 0 Å². The van der Waals surface area contributed by atoms with Crippen molar-refractivity contribution in [2.24, 2.45) is 0 Å². The second-order valence-corrected chi connectivity index (χ2v) is 12.4. The maximum atomic E-state index is 13.6. The SMILES string of the molecule is CC(C(=O)O)N1CCC(NS(=O)(=O)CC=Cc2cc(S(=O)(=O)c3ccccc3)ccc2C(F)(F)F)CC1. The molecule has 1 unspecified atom stereocenters. The van der Waals surface area contributed by atoms with Crippen molar-refractivity contribution >= 4 is 31.9 Å². The molecule has 0 radical (unpaired) electrons. The van der Waals surface area contributed by atoms with Crippen LogP contribution in [0.15, 0.2) is 64.4 Å². The first kappa shape index (κ1) is 28.8. The predicted molar refractivity (Wildman–Crippen MR) is 131 cm³/mol. The number of rotatable bonds is 9. The summed E-state index contributed by atoms with van der Waals surface area (Å²) < 4.78 is 93.9. The summed E-state index contributed by atoms with van der Waals surface area (Å²) >= 11 is 0. The summed E-state index contributed by atoms with van der Waals surface area (Å²) in [4.78, 5) is 12.4. The van der Waals surface area contributed by atoms with Crippen LogP contribution in [0.3, 0.4) is 0 Å². The molecule has 0 amide bonds. The Balaban J connectivity index is 1.75. The lowest BCUT2D eigenvalue weighted by Gasteiger charge is -2.34. The second kappa shape index (κ2) is 11.3. The lowest BCUT2D eigenvalue weighted by Crippen LogP contribution is -2.49. The largest absolute Gasteiger partial charge is 0.480 e. The van der Waals surface area contributed by atoms with Crippen LogP contribution in [0.2, 0.25) is 0 Å².